The molecule has 3 aliphatic rings. The minimum atomic E-state index is -1.58. The molecule has 240 valence electrons. The quantitative estimate of drug-likeness (QED) is 0.123. The summed E-state index contributed by atoms with van der Waals surface area (Å²) in [5.74, 6) is -1.24. The standard InChI is InChI=1S/C31H29N3O12/c1-33-28(42)20-18-12-4-2-10(35)6-14(12)32-22(18)23-19(21(20)29(33)43)13-5-3-11(36)7-15(13)34(23)30-26(40)25(39)17(46-30)9-45-31-27(41)24(38)16(37)8-44-31/h2-7,16-17,24-27,30-32,35-41H,8-9H2,1H3/t16-,17-,24+,25-,26-,27-,30-,31+/m1/s1. The molecule has 3 aliphatic heterocycles. The molecule has 5 heterocycles. The van der Waals surface area contributed by atoms with Gasteiger partial charge in [-0.25, -0.2) is 0 Å². The lowest BCUT2D eigenvalue weighted by Gasteiger charge is -2.35. The van der Waals surface area contributed by atoms with Crippen molar-refractivity contribution in [2.75, 3.05) is 20.3 Å². The highest BCUT2D eigenvalue weighted by Gasteiger charge is 2.48. The minimum Gasteiger partial charge on any atom is -0.508 e. The van der Waals surface area contributed by atoms with Gasteiger partial charge in [0.1, 0.15) is 48.1 Å². The highest BCUT2D eigenvalue weighted by Crippen LogP contribution is 2.48. The number of fused-ring (bicyclic) bond motifs is 10. The summed E-state index contributed by atoms with van der Waals surface area (Å²) in [6.07, 6.45) is -11.4. The monoisotopic (exact) mass is 635 g/mol. The van der Waals surface area contributed by atoms with Crippen LogP contribution in [0.5, 0.6) is 11.5 Å². The summed E-state index contributed by atoms with van der Waals surface area (Å²) in [5.41, 5.74) is 1.80. The number of benzene rings is 3. The molecule has 15 nitrogen and oxygen atoms in total. The summed E-state index contributed by atoms with van der Waals surface area (Å²) in [6.45, 7) is -0.692. The van der Waals surface area contributed by atoms with Crippen molar-refractivity contribution in [1.82, 2.24) is 14.5 Å². The number of H-pyrrole nitrogens is 1. The van der Waals surface area contributed by atoms with Gasteiger partial charge in [-0.1, -0.05) is 0 Å². The molecule has 0 saturated carbocycles. The molecule has 5 aromatic rings. The number of hydrogen-bond donors (Lipinski definition) is 8. The van der Waals surface area contributed by atoms with Gasteiger partial charge in [0.15, 0.2) is 12.5 Å². The molecule has 8 rings (SSSR count). The lowest BCUT2D eigenvalue weighted by atomic mass is 9.96. The number of aromatic amines is 1. The third kappa shape index (κ3) is 3.88. The highest BCUT2D eigenvalue weighted by atomic mass is 16.7. The van der Waals surface area contributed by atoms with Crippen LogP contribution in [-0.2, 0) is 14.2 Å². The number of imide groups is 1. The molecule has 2 saturated heterocycles. The fraction of sp³-hybridized carbons (Fsp3) is 0.355. The van der Waals surface area contributed by atoms with Crippen LogP contribution in [0.1, 0.15) is 26.9 Å². The summed E-state index contributed by atoms with van der Waals surface area (Å²) in [7, 11) is 1.38. The Morgan fingerprint density at radius 2 is 1.54 bits per heavy atom. The Balaban J connectivity index is 1.33. The molecular formula is C31H29N3O12. The van der Waals surface area contributed by atoms with Crippen LogP contribution >= 0.6 is 0 Å². The molecule has 8 atom stereocenters. The second-order valence-electron chi connectivity index (χ2n) is 11.9. The number of rotatable bonds is 4. The molecule has 0 bridgehead atoms. The number of aliphatic hydroxyl groups is 5. The zero-order chi connectivity index (χ0) is 32.3. The van der Waals surface area contributed by atoms with Gasteiger partial charge in [-0.05, 0) is 24.3 Å². The maximum absolute atomic E-state index is 13.7. The van der Waals surface area contributed by atoms with Gasteiger partial charge >= 0.3 is 0 Å². The van der Waals surface area contributed by atoms with Gasteiger partial charge in [-0.3, -0.25) is 14.5 Å². The van der Waals surface area contributed by atoms with Crippen LogP contribution in [0.4, 0.5) is 0 Å². The smallest absolute Gasteiger partial charge is 0.262 e. The first kappa shape index (κ1) is 29.1. The summed E-state index contributed by atoms with van der Waals surface area (Å²) in [4.78, 5) is 31.5. The van der Waals surface area contributed by atoms with Gasteiger partial charge in [0, 0.05) is 40.7 Å². The summed E-state index contributed by atoms with van der Waals surface area (Å²) in [5, 5.41) is 75.0. The minimum absolute atomic E-state index is 0.0356. The number of carbonyl (C=O) groups is 2. The van der Waals surface area contributed by atoms with Crippen LogP contribution in [-0.4, -0.2) is 125 Å². The topological polar surface area (TPSA) is 227 Å². The maximum atomic E-state index is 13.7. The van der Waals surface area contributed by atoms with Gasteiger partial charge in [0.05, 0.1) is 46.4 Å². The van der Waals surface area contributed by atoms with Crippen molar-refractivity contribution in [3.63, 3.8) is 0 Å². The SMILES string of the molecule is CN1C(=O)c2c(c3c4ccc(O)cc4n([C@@H]4O[C@H](CO[C@@H]5OC[C@@H](O)[C@H](O)[C@H]5O)[C@@H](O)[C@H]4O)c3c3[nH]c4cc(O)ccc4c23)C1=O. The summed E-state index contributed by atoms with van der Waals surface area (Å²) >= 11 is 0. The van der Waals surface area contributed by atoms with E-state index in [-0.39, 0.29) is 29.2 Å². The Labute approximate surface area is 257 Å². The van der Waals surface area contributed by atoms with E-state index in [0.717, 1.165) is 4.90 Å². The van der Waals surface area contributed by atoms with E-state index in [9.17, 15) is 45.3 Å². The molecule has 0 aliphatic carbocycles. The summed E-state index contributed by atoms with van der Waals surface area (Å²) in [6, 6.07) is 8.99. The number of phenols is 2. The predicted molar refractivity (Wildman–Crippen MR) is 158 cm³/mol. The number of nitrogens with one attached hydrogen (secondary N) is 1. The normalized spacial score (nSPS) is 30.1. The van der Waals surface area contributed by atoms with Crippen molar-refractivity contribution < 1.29 is 59.5 Å². The third-order valence-corrected chi connectivity index (χ3v) is 9.26. The number of amides is 2. The number of hydrogen-bond acceptors (Lipinski definition) is 12. The Morgan fingerprint density at radius 3 is 2.28 bits per heavy atom. The van der Waals surface area contributed by atoms with Crippen molar-refractivity contribution in [2.45, 2.75) is 49.1 Å². The zero-order valence-electron chi connectivity index (χ0n) is 24.1. The van der Waals surface area contributed by atoms with E-state index in [1.807, 2.05) is 0 Å². The van der Waals surface area contributed by atoms with Crippen molar-refractivity contribution in [3.05, 3.63) is 47.5 Å². The molecule has 8 N–H and O–H groups in total. The van der Waals surface area contributed by atoms with Crippen molar-refractivity contribution in [1.29, 1.82) is 0 Å². The van der Waals surface area contributed by atoms with Crippen LogP contribution in [0.2, 0.25) is 0 Å². The molecular weight excluding hydrogens is 606 g/mol. The van der Waals surface area contributed by atoms with E-state index in [1.54, 1.807) is 12.1 Å². The Morgan fingerprint density at radius 1 is 0.870 bits per heavy atom. The van der Waals surface area contributed by atoms with Crippen molar-refractivity contribution in [3.8, 4) is 11.5 Å². The Bertz CT molecular complexity index is 2110. The number of nitrogens with zero attached hydrogens (tertiary/aromatic N) is 2. The molecule has 0 spiro atoms. The molecule has 2 fully saturated rings. The number of phenolic OH excluding ortho intramolecular Hbond substituents is 2. The van der Waals surface area contributed by atoms with Gasteiger partial charge in [-0.15, -0.1) is 0 Å². The van der Waals surface area contributed by atoms with E-state index >= 15 is 0 Å². The second kappa shape index (κ2) is 10.1. The van der Waals surface area contributed by atoms with E-state index < -0.39 is 67.6 Å². The van der Waals surface area contributed by atoms with Crippen molar-refractivity contribution >= 4 is 55.4 Å². The number of aliphatic hydroxyl groups excluding tert-OH is 5. The predicted octanol–water partition coefficient (Wildman–Crippen LogP) is 0.141. The molecule has 0 unspecified atom stereocenters. The lowest BCUT2D eigenvalue weighted by Crippen LogP contribution is -2.54. The molecule has 3 aromatic carbocycles. The third-order valence-electron chi connectivity index (χ3n) is 9.26. The van der Waals surface area contributed by atoms with E-state index in [0.29, 0.717) is 43.6 Å². The molecule has 2 amide bonds. The fourth-order valence-corrected chi connectivity index (χ4v) is 6.99. The van der Waals surface area contributed by atoms with Gasteiger partial charge in [0.25, 0.3) is 11.8 Å². The van der Waals surface area contributed by atoms with Crippen LogP contribution in [0.25, 0.3) is 43.6 Å². The maximum Gasteiger partial charge on any atom is 0.262 e. The van der Waals surface area contributed by atoms with Crippen LogP contribution in [0, 0.1) is 0 Å². The second-order valence-corrected chi connectivity index (χ2v) is 11.9. The average Bonchev–Trinajstić information content (AvgIpc) is 3.71. The molecule has 2 aromatic heterocycles. The average molecular weight is 636 g/mol. The van der Waals surface area contributed by atoms with Crippen molar-refractivity contribution in [2.24, 2.45) is 0 Å². The first-order chi connectivity index (χ1) is 22.0. The van der Waals surface area contributed by atoms with E-state index in [2.05, 4.69) is 4.98 Å². The Kier molecular flexibility index (Phi) is 6.38. The number of aromatic nitrogens is 2. The summed E-state index contributed by atoms with van der Waals surface area (Å²) < 4.78 is 18.6. The van der Waals surface area contributed by atoms with E-state index in [1.165, 1.54) is 35.9 Å². The molecule has 46 heavy (non-hydrogen) atoms. The molecule has 15 heteroatoms. The first-order valence-electron chi connectivity index (χ1n) is 14.6. The number of ether oxygens (including phenoxy) is 3. The van der Waals surface area contributed by atoms with Crippen LogP contribution in [0.3, 0.4) is 0 Å². The Hall–Kier alpha value is -4.32. The van der Waals surface area contributed by atoms with Gasteiger partial charge < -0.3 is 59.5 Å². The van der Waals surface area contributed by atoms with Gasteiger partial charge in [0.2, 0.25) is 0 Å². The van der Waals surface area contributed by atoms with Gasteiger partial charge in [-0.2, -0.15) is 0 Å². The largest absolute Gasteiger partial charge is 0.508 e. The fourth-order valence-electron chi connectivity index (χ4n) is 6.99. The molecule has 0 radical (unpaired) electrons. The number of carbonyl (C=O) groups excluding carboxylic acids is 2. The van der Waals surface area contributed by atoms with E-state index in [4.69, 9.17) is 14.2 Å². The zero-order valence-corrected chi connectivity index (χ0v) is 24.1. The highest BCUT2D eigenvalue weighted by molar-refractivity contribution is 6.39. The lowest BCUT2D eigenvalue weighted by molar-refractivity contribution is -0.276. The van der Waals surface area contributed by atoms with Crippen LogP contribution in [0.15, 0.2) is 36.4 Å². The first-order valence-corrected chi connectivity index (χ1v) is 14.6. The van der Waals surface area contributed by atoms with Crippen LogP contribution < -0.4 is 0 Å². The number of aromatic hydroxyl groups is 2.